The zero-order chi connectivity index (χ0) is 15.2. The van der Waals surface area contributed by atoms with E-state index in [-0.39, 0.29) is 5.91 Å². The summed E-state index contributed by atoms with van der Waals surface area (Å²) in [6.07, 6.45) is -0.424. The van der Waals surface area contributed by atoms with Crippen LogP contribution in [0.2, 0.25) is 0 Å². The molecule has 1 heterocycles. The van der Waals surface area contributed by atoms with E-state index in [1.807, 2.05) is 13.8 Å². The number of nitrogens with one attached hydrogen (secondary N) is 1. The number of nitrogens with two attached hydrogens (primary N) is 1. The van der Waals surface area contributed by atoms with Gasteiger partial charge >= 0.3 is 0 Å². The first-order valence-electron chi connectivity index (χ1n) is 6.81. The van der Waals surface area contributed by atoms with Gasteiger partial charge in [-0.15, -0.1) is 0 Å². The molecule has 7 heteroatoms. The SMILES string of the molecule is CCOC(CNC(=O)c1ccc2nc(N)sc2c1)OCC. The van der Waals surface area contributed by atoms with Crippen molar-refractivity contribution in [2.24, 2.45) is 0 Å². The summed E-state index contributed by atoms with van der Waals surface area (Å²) in [6.45, 7) is 5.15. The number of aromatic nitrogens is 1. The van der Waals surface area contributed by atoms with Crippen LogP contribution in [0.15, 0.2) is 18.2 Å². The van der Waals surface area contributed by atoms with Crippen LogP contribution in [0.25, 0.3) is 10.2 Å². The van der Waals surface area contributed by atoms with Gasteiger partial charge < -0.3 is 20.5 Å². The molecule has 0 saturated carbocycles. The van der Waals surface area contributed by atoms with E-state index in [0.717, 1.165) is 10.2 Å². The molecule has 0 atom stereocenters. The number of anilines is 1. The van der Waals surface area contributed by atoms with Crippen LogP contribution in [-0.2, 0) is 9.47 Å². The molecule has 0 aliphatic heterocycles. The van der Waals surface area contributed by atoms with E-state index in [0.29, 0.717) is 30.5 Å². The summed E-state index contributed by atoms with van der Waals surface area (Å²) < 4.78 is 11.7. The average Bonchev–Trinajstić information content (AvgIpc) is 2.84. The molecule has 0 aliphatic carbocycles. The Hall–Kier alpha value is -1.70. The Labute approximate surface area is 127 Å². The summed E-state index contributed by atoms with van der Waals surface area (Å²) in [5, 5.41) is 3.30. The predicted octanol–water partition coefficient (Wildman–Crippen LogP) is 2.01. The minimum absolute atomic E-state index is 0.173. The van der Waals surface area contributed by atoms with E-state index in [9.17, 15) is 4.79 Å². The topological polar surface area (TPSA) is 86.5 Å². The Morgan fingerprint density at radius 2 is 2.10 bits per heavy atom. The maximum atomic E-state index is 12.1. The lowest BCUT2D eigenvalue weighted by molar-refractivity contribution is -0.131. The van der Waals surface area contributed by atoms with Crippen molar-refractivity contribution in [3.8, 4) is 0 Å². The van der Waals surface area contributed by atoms with Crippen LogP contribution in [0.3, 0.4) is 0 Å². The Kier molecular flexibility index (Phi) is 5.49. The van der Waals surface area contributed by atoms with Crippen molar-refractivity contribution in [3.63, 3.8) is 0 Å². The smallest absolute Gasteiger partial charge is 0.251 e. The number of nitrogen functional groups attached to an aromatic ring is 1. The molecule has 2 rings (SSSR count). The van der Waals surface area contributed by atoms with E-state index in [4.69, 9.17) is 15.2 Å². The summed E-state index contributed by atoms with van der Waals surface area (Å²) in [5.74, 6) is -0.173. The lowest BCUT2D eigenvalue weighted by Gasteiger charge is -2.17. The average molecular weight is 309 g/mol. The lowest BCUT2D eigenvalue weighted by Crippen LogP contribution is -2.35. The Balaban J connectivity index is 2.00. The van der Waals surface area contributed by atoms with Crippen LogP contribution in [0.5, 0.6) is 0 Å². The van der Waals surface area contributed by atoms with Gasteiger partial charge in [-0.3, -0.25) is 4.79 Å². The number of thiazole rings is 1. The van der Waals surface area contributed by atoms with Gasteiger partial charge in [-0.2, -0.15) is 0 Å². The number of hydrogen-bond acceptors (Lipinski definition) is 6. The van der Waals surface area contributed by atoms with Gasteiger partial charge in [0, 0.05) is 18.8 Å². The van der Waals surface area contributed by atoms with Crippen LogP contribution < -0.4 is 11.1 Å². The number of rotatable bonds is 7. The zero-order valence-corrected chi connectivity index (χ0v) is 12.9. The summed E-state index contributed by atoms with van der Waals surface area (Å²) in [4.78, 5) is 16.3. The van der Waals surface area contributed by atoms with Gasteiger partial charge in [0.15, 0.2) is 11.4 Å². The van der Waals surface area contributed by atoms with Crippen molar-refractivity contribution >= 4 is 32.6 Å². The Morgan fingerprint density at radius 1 is 1.38 bits per heavy atom. The fourth-order valence-corrected chi connectivity index (χ4v) is 2.67. The molecule has 3 N–H and O–H groups in total. The van der Waals surface area contributed by atoms with Gasteiger partial charge in [0.2, 0.25) is 0 Å². The molecule has 0 unspecified atom stereocenters. The van der Waals surface area contributed by atoms with Crippen LogP contribution >= 0.6 is 11.3 Å². The first-order chi connectivity index (χ1) is 10.1. The highest BCUT2D eigenvalue weighted by molar-refractivity contribution is 7.22. The summed E-state index contributed by atoms with van der Waals surface area (Å²) in [6, 6.07) is 5.31. The van der Waals surface area contributed by atoms with Gasteiger partial charge in [0.1, 0.15) is 0 Å². The second-order valence-electron chi connectivity index (χ2n) is 4.28. The molecule has 0 fully saturated rings. The Bertz CT molecular complexity index is 609. The number of nitrogens with zero attached hydrogens (tertiary/aromatic N) is 1. The number of fused-ring (bicyclic) bond motifs is 1. The number of hydrogen-bond donors (Lipinski definition) is 2. The van der Waals surface area contributed by atoms with Gasteiger partial charge in [-0.05, 0) is 32.0 Å². The van der Waals surface area contributed by atoms with E-state index >= 15 is 0 Å². The molecule has 114 valence electrons. The van der Waals surface area contributed by atoms with Gasteiger partial charge in [0.25, 0.3) is 5.91 Å². The Morgan fingerprint density at radius 3 is 2.76 bits per heavy atom. The summed E-state index contributed by atoms with van der Waals surface area (Å²) in [7, 11) is 0. The van der Waals surface area contributed by atoms with Gasteiger partial charge in [0.05, 0.1) is 16.8 Å². The highest BCUT2D eigenvalue weighted by Gasteiger charge is 2.12. The number of benzene rings is 1. The first-order valence-corrected chi connectivity index (χ1v) is 7.63. The highest BCUT2D eigenvalue weighted by Crippen LogP contribution is 2.24. The van der Waals surface area contributed by atoms with E-state index < -0.39 is 6.29 Å². The molecule has 0 aliphatic rings. The van der Waals surface area contributed by atoms with Gasteiger partial charge in [-0.1, -0.05) is 11.3 Å². The van der Waals surface area contributed by atoms with Crippen LogP contribution in [0, 0.1) is 0 Å². The maximum absolute atomic E-state index is 12.1. The number of carbonyl (C=O) groups is 1. The standard InChI is InChI=1S/C14H19N3O3S/c1-3-19-12(20-4-2)8-16-13(18)9-5-6-10-11(7-9)21-14(15)17-10/h5-7,12H,3-4,8H2,1-2H3,(H2,15,17)(H,16,18). The van der Waals surface area contributed by atoms with Crippen molar-refractivity contribution in [3.05, 3.63) is 23.8 Å². The number of ether oxygens (including phenoxy) is 2. The molecule has 1 aromatic carbocycles. The van der Waals surface area contributed by atoms with Crippen LogP contribution in [0.4, 0.5) is 5.13 Å². The normalized spacial score (nSPS) is 11.2. The molecule has 2 aromatic rings. The summed E-state index contributed by atoms with van der Waals surface area (Å²) in [5.41, 5.74) is 7.02. The quantitative estimate of drug-likeness (QED) is 0.764. The monoisotopic (exact) mass is 309 g/mol. The minimum Gasteiger partial charge on any atom is -0.375 e. The van der Waals surface area contributed by atoms with Gasteiger partial charge in [-0.25, -0.2) is 4.98 Å². The molecule has 0 spiro atoms. The fraction of sp³-hybridized carbons (Fsp3) is 0.429. The lowest BCUT2D eigenvalue weighted by atomic mass is 10.2. The molecule has 0 radical (unpaired) electrons. The van der Waals surface area contributed by atoms with Crippen molar-refractivity contribution in [1.29, 1.82) is 0 Å². The van der Waals surface area contributed by atoms with Crippen molar-refractivity contribution in [1.82, 2.24) is 10.3 Å². The van der Waals surface area contributed by atoms with Crippen molar-refractivity contribution in [2.45, 2.75) is 20.1 Å². The molecule has 1 amide bonds. The maximum Gasteiger partial charge on any atom is 0.251 e. The van der Waals surface area contributed by atoms with E-state index in [2.05, 4.69) is 10.3 Å². The molecular formula is C14H19N3O3S. The second-order valence-corrected chi connectivity index (χ2v) is 5.35. The second kappa shape index (κ2) is 7.35. The molecular weight excluding hydrogens is 290 g/mol. The number of amides is 1. The largest absolute Gasteiger partial charge is 0.375 e. The third-order valence-electron chi connectivity index (χ3n) is 2.80. The highest BCUT2D eigenvalue weighted by atomic mass is 32.1. The van der Waals surface area contributed by atoms with Crippen LogP contribution in [0.1, 0.15) is 24.2 Å². The minimum atomic E-state index is -0.424. The van der Waals surface area contributed by atoms with Crippen molar-refractivity contribution < 1.29 is 14.3 Å². The van der Waals surface area contributed by atoms with E-state index in [1.54, 1.807) is 18.2 Å². The molecule has 0 bridgehead atoms. The summed E-state index contributed by atoms with van der Waals surface area (Å²) >= 11 is 1.36. The first kappa shape index (κ1) is 15.7. The fourth-order valence-electron chi connectivity index (χ4n) is 1.90. The molecule has 6 nitrogen and oxygen atoms in total. The third-order valence-corrected chi connectivity index (χ3v) is 3.65. The third kappa shape index (κ3) is 4.13. The van der Waals surface area contributed by atoms with E-state index in [1.165, 1.54) is 11.3 Å². The molecule has 21 heavy (non-hydrogen) atoms. The number of carbonyl (C=O) groups excluding carboxylic acids is 1. The molecule has 0 saturated heterocycles. The predicted molar refractivity (Wildman–Crippen MR) is 83.4 cm³/mol. The van der Waals surface area contributed by atoms with Crippen LogP contribution in [-0.4, -0.2) is 36.9 Å². The zero-order valence-electron chi connectivity index (χ0n) is 12.1. The molecule has 1 aromatic heterocycles. The van der Waals surface area contributed by atoms with Crippen molar-refractivity contribution in [2.75, 3.05) is 25.5 Å².